The second-order valence-electron chi connectivity index (χ2n) is 4.71. The highest BCUT2D eigenvalue weighted by Gasteiger charge is 2.19. The zero-order valence-electron chi connectivity index (χ0n) is 11.8. The van der Waals surface area contributed by atoms with E-state index in [1.165, 1.54) is 6.33 Å². The SMILES string of the molecule is CCc1c(C(=O)N(C)Cc2cn[nH]c2)cnc2ncnn12. The lowest BCUT2D eigenvalue weighted by molar-refractivity contribution is 0.0783. The molecule has 0 aliphatic heterocycles. The highest BCUT2D eigenvalue weighted by atomic mass is 16.2. The molecule has 0 saturated heterocycles. The molecule has 3 rings (SSSR count). The topological polar surface area (TPSA) is 92.1 Å². The smallest absolute Gasteiger partial charge is 0.257 e. The number of hydrogen-bond donors (Lipinski definition) is 1. The van der Waals surface area contributed by atoms with Crippen LogP contribution >= 0.6 is 0 Å². The van der Waals surface area contributed by atoms with Crippen molar-refractivity contribution in [3.05, 3.63) is 41.7 Å². The van der Waals surface area contributed by atoms with Gasteiger partial charge in [-0.3, -0.25) is 9.89 Å². The number of carbonyl (C=O) groups excluding carboxylic acids is 1. The van der Waals surface area contributed by atoms with Crippen molar-refractivity contribution in [2.75, 3.05) is 7.05 Å². The summed E-state index contributed by atoms with van der Waals surface area (Å²) in [6, 6.07) is 0. The molecule has 0 fully saturated rings. The maximum atomic E-state index is 12.6. The lowest BCUT2D eigenvalue weighted by atomic mass is 10.1. The number of aromatic nitrogens is 6. The number of aryl methyl sites for hydroxylation is 1. The summed E-state index contributed by atoms with van der Waals surface area (Å²) >= 11 is 0. The van der Waals surface area contributed by atoms with Crippen molar-refractivity contribution in [3.63, 3.8) is 0 Å². The maximum Gasteiger partial charge on any atom is 0.257 e. The van der Waals surface area contributed by atoms with Crippen LogP contribution in [0.15, 0.2) is 24.9 Å². The third-order valence-electron chi connectivity index (χ3n) is 3.29. The van der Waals surface area contributed by atoms with Gasteiger partial charge in [-0.05, 0) is 6.42 Å². The van der Waals surface area contributed by atoms with E-state index >= 15 is 0 Å². The van der Waals surface area contributed by atoms with Gasteiger partial charge in [0.05, 0.1) is 17.5 Å². The minimum Gasteiger partial charge on any atom is -0.337 e. The first kappa shape index (κ1) is 13.2. The van der Waals surface area contributed by atoms with E-state index in [-0.39, 0.29) is 5.91 Å². The van der Waals surface area contributed by atoms with Crippen LogP contribution < -0.4 is 0 Å². The van der Waals surface area contributed by atoms with E-state index < -0.39 is 0 Å². The quantitative estimate of drug-likeness (QED) is 0.761. The Balaban J connectivity index is 1.93. The molecule has 1 N–H and O–H groups in total. The standard InChI is InChI=1S/C13H15N7O/c1-3-11-10(6-14-13-15-8-18-20(11)13)12(21)19(2)7-9-4-16-17-5-9/h4-6,8H,3,7H2,1-2H3,(H,16,17). The van der Waals surface area contributed by atoms with Gasteiger partial charge in [-0.15, -0.1) is 0 Å². The van der Waals surface area contributed by atoms with Gasteiger partial charge >= 0.3 is 0 Å². The fourth-order valence-electron chi connectivity index (χ4n) is 2.26. The van der Waals surface area contributed by atoms with Crippen molar-refractivity contribution in [1.82, 2.24) is 34.7 Å². The average molecular weight is 285 g/mol. The van der Waals surface area contributed by atoms with Gasteiger partial charge in [0.15, 0.2) is 0 Å². The van der Waals surface area contributed by atoms with E-state index in [0.717, 1.165) is 11.3 Å². The van der Waals surface area contributed by atoms with Gasteiger partial charge in [0.25, 0.3) is 11.7 Å². The van der Waals surface area contributed by atoms with Crippen molar-refractivity contribution in [2.24, 2.45) is 0 Å². The second-order valence-corrected chi connectivity index (χ2v) is 4.71. The van der Waals surface area contributed by atoms with Crippen molar-refractivity contribution < 1.29 is 4.79 Å². The molecule has 108 valence electrons. The van der Waals surface area contributed by atoms with Crippen LogP contribution in [0, 0.1) is 0 Å². The Kier molecular flexibility index (Phi) is 3.35. The number of nitrogens with zero attached hydrogens (tertiary/aromatic N) is 6. The molecule has 0 aliphatic rings. The first-order chi connectivity index (χ1) is 10.2. The molecule has 0 unspecified atom stereocenters. The largest absolute Gasteiger partial charge is 0.337 e. The maximum absolute atomic E-state index is 12.6. The van der Waals surface area contributed by atoms with Crippen LogP contribution in [-0.4, -0.2) is 47.6 Å². The van der Waals surface area contributed by atoms with Gasteiger partial charge in [-0.2, -0.15) is 15.2 Å². The molecule has 0 spiro atoms. The Morgan fingerprint density at radius 3 is 2.95 bits per heavy atom. The molecule has 0 aliphatic carbocycles. The summed E-state index contributed by atoms with van der Waals surface area (Å²) in [5.74, 6) is 0.402. The number of H-pyrrole nitrogens is 1. The third kappa shape index (κ3) is 2.35. The van der Waals surface area contributed by atoms with Gasteiger partial charge in [0.1, 0.15) is 6.33 Å². The average Bonchev–Trinajstić information content (AvgIpc) is 3.15. The van der Waals surface area contributed by atoms with Crippen LogP contribution in [0.25, 0.3) is 5.78 Å². The minimum atomic E-state index is -0.0991. The Morgan fingerprint density at radius 1 is 1.38 bits per heavy atom. The summed E-state index contributed by atoms with van der Waals surface area (Å²) in [6.45, 7) is 2.46. The summed E-state index contributed by atoms with van der Waals surface area (Å²) in [7, 11) is 1.75. The summed E-state index contributed by atoms with van der Waals surface area (Å²) in [5, 5.41) is 10.7. The van der Waals surface area contributed by atoms with Gasteiger partial charge in [-0.25, -0.2) is 9.50 Å². The van der Waals surface area contributed by atoms with E-state index in [1.54, 1.807) is 35.1 Å². The predicted molar refractivity (Wildman–Crippen MR) is 74.5 cm³/mol. The molecule has 3 aromatic rings. The molecule has 0 radical (unpaired) electrons. The number of hydrogen-bond acceptors (Lipinski definition) is 5. The van der Waals surface area contributed by atoms with Crippen LogP contribution in [0.2, 0.25) is 0 Å². The van der Waals surface area contributed by atoms with E-state index in [9.17, 15) is 4.79 Å². The molecule has 0 atom stereocenters. The summed E-state index contributed by atoms with van der Waals surface area (Å²) in [4.78, 5) is 22.4. The lowest BCUT2D eigenvalue weighted by Gasteiger charge is -2.18. The zero-order chi connectivity index (χ0) is 14.8. The molecule has 0 aromatic carbocycles. The minimum absolute atomic E-state index is 0.0991. The third-order valence-corrected chi connectivity index (χ3v) is 3.29. The number of nitrogens with one attached hydrogen (secondary N) is 1. The lowest BCUT2D eigenvalue weighted by Crippen LogP contribution is -2.28. The van der Waals surface area contributed by atoms with E-state index in [0.29, 0.717) is 24.3 Å². The highest BCUT2D eigenvalue weighted by molar-refractivity contribution is 5.95. The molecule has 8 nitrogen and oxygen atoms in total. The fourth-order valence-corrected chi connectivity index (χ4v) is 2.26. The zero-order valence-corrected chi connectivity index (χ0v) is 11.8. The molecule has 0 bridgehead atoms. The number of aromatic amines is 1. The van der Waals surface area contributed by atoms with Crippen LogP contribution in [0.1, 0.15) is 28.5 Å². The molecule has 0 saturated carbocycles. The van der Waals surface area contributed by atoms with Gasteiger partial charge in [-0.1, -0.05) is 6.92 Å². The van der Waals surface area contributed by atoms with Gasteiger partial charge < -0.3 is 4.90 Å². The molecule has 8 heteroatoms. The van der Waals surface area contributed by atoms with E-state index in [2.05, 4.69) is 25.3 Å². The molecule has 3 aromatic heterocycles. The van der Waals surface area contributed by atoms with Crippen LogP contribution in [0.4, 0.5) is 0 Å². The van der Waals surface area contributed by atoms with E-state index in [4.69, 9.17) is 0 Å². The first-order valence-corrected chi connectivity index (χ1v) is 6.61. The highest BCUT2D eigenvalue weighted by Crippen LogP contribution is 2.13. The number of fused-ring (bicyclic) bond motifs is 1. The second kappa shape index (κ2) is 5.31. The molecular weight excluding hydrogens is 270 g/mol. The normalized spacial score (nSPS) is 11.0. The fraction of sp³-hybridized carbons (Fsp3) is 0.308. The van der Waals surface area contributed by atoms with Crippen LogP contribution in [0.3, 0.4) is 0 Å². The van der Waals surface area contributed by atoms with E-state index in [1.807, 2.05) is 6.92 Å². The molecular formula is C13H15N7O. The predicted octanol–water partition coefficient (Wildman–Crippen LogP) is 0.682. The first-order valence-electron chi connectivity index (χ1n) is 6.61. The van der Waals surface area contributed by atoms with Crippen molar-refractivity contribution in [2.45, 2.75) is 19.9 Å². The Labute approximate surface area is 120 Å². The van der Waals surface area contributed by atoms with Crippen molar-refractivity contribution in [1.29, 1.82) is 0 Å². The van der Waals surface area contributed by atoms with Crippen LogP contribution in [-0.2, 0) is 13.0 Å². The summed E-state index contributed by atoms with van der Waals surface area (Å²) in [6.07, 6.45) is 7.14. The van der Waals surface area contributed by atoms with Crippen molar-refractivity contribution in [3.8, 4) is 0 Å². The Hall–Kier alpha value is -2.77. The number of amides is 1. The van der Waals surface area contributed by atoms with Crippen LogP contribution in [0.5, 0.6) is 0 Å². The monoisotopic (exact) mass is 285 g/mol. The summed E-state index contributed by atoms with van der Waals surface area (Å²) in [5.41, 5.74) is 2.29. The molecule has 1 amide bonds. The van der Waals surface area contributed by atoms with Crippen molar-refractivity contribution >= 4 is 11.7 Å². The van der Waals surface area contributed by atoms with Gasteiger partial charge in [0, 0.05) is 31.5 Å². The van der Waals surface area contributed by atoms with Gasteiger partial charge in [0.2, 0.25) is 0 Å². The molecule has 21 heavy (non-hydrogen) atoms. The number of rotatable bonds is 4. The Morgan fingerprint density at radius 2 is 2.24 bits per heavy atom. The Bertz CT molecular complexity index is 762. The summed E-state index contributed by atoms with van der Waals surface area (Å²) < 4.78 is 1.61. The number of carbonyl (C=O) groups is 1. The molecule has 3 heterocycles.